The number of amides is 1. The number of aryl methyl sites for hydroxylation is 1. The summed E-state index contributed by atoms with van der Waals surface area (Å²) >= 11 is 1.73. The number of nitrogens with zero attached hydrogens (tertiary/aromatic N) is 3. The average Bonchev–Trinajstić information content (AvgIpc) is 3.09. The van der Waals surface area contributed by atoms with Gasteiger partial charge in [0.2, 0.25) is 5.91 Å². The van der Waals surface area contributed by atoms with E-state index < -0.39 is 0 Å². The summed E-state index contributed by atoms with van der Waals surface area (Å²) in [5, 5.41) is 13.5. The SMILES string of the molecule is Cc1ccc(N2CCCC(C(=O)NCCc3cccs3)C2)nn1. The van der Waals surface area contributed by atoms with Crippen molar-refractivity contribution in [2.45, 2.75) is 26.2 Å². The Bertz CT molecular complexity index is 627. The van der Waals surface area contributed by atoms with E-state index in [2.05, 4.69) is 31.9 Å². The molecule has 3 rings (SSSR count). The van der Waals surface area contributed by atoms with Crippen molar-refractivity contribution in [2.75, 3.05) is 24.5 Å². The molecule has 1 unspecified atom stereocenters. The topological polar surface area (TPSA) is 58.1 Å². The van der Waals surface area contributed by atoms with Gasteiger partial charge in [0.1, 0.15) is 0 Å². The summed E-state index contributed by atoms with van der Waals surface area (Å²) in [7, 11) is 0. The first-order chi connectivity index (χ1) is 11.2. The molecule has 1 N–H and O–H groups in total. The molecule has 122 valence electrons. The Balaban J connectivity index is 1.51. The van der Waals surface area contributed by atoms with Crippen LogP contribution in [0.2, 0.25) is 0 Å². The highest BCUT2D eigenvalue weighted by Crippen LogP contribution is 2.21. The molecule has 1 atom stereocenters. The van der Waals surface area contributed by atoms with Crippen molar-refractivity contribution in [2.24, 2.45) is 5.92 Å². The zero-order valence-electron chi connectivity index (χ0n) is 13.4. The zero-order chi connectivity index (χ0) is 16.1. The largest absolute Gasteiger partial charge is 0.355 e. The third-order valence-corrected chi connectivity index (χ3v) is 5.09. The first kappa shape index (κ1) is 15.9. The molecule has 3 heterocycles. The summed E-state index contributed by atoms with van der Waals surface area (Å²) in [5.41, 5.74) is 0.911. The Labute approximate surface area is 140 Å². The Morgan fingerprint density at radius 3 is 3.04 bits per heavy atom. The van der Waals surface area contributed by atoms with Gasteiger partial charge in [-0.2, -0.15) is 5.10 Å². The zero-order valence-corrected chi connectivity index (χ0v) is 14.2. The van der Waals surface area contributed by atoms with E-state index in [4.69, 9.17) is 0 Å². The van der Waals surface area contributed by atoms with Crippen molar-refractivity contribution in [3.05, 3.63) is 40.2 Å². The first-order valence-corrected chi connectivity index (χ1v) is 8.96. The van der Waals surface area contributed by atoms with Crippen LogP contribution in [0.25, 0.3) is 0 Å². The number of carbonyl (C=O) groups is 1. The van der Waals surface area contributed by atoms with Crippen molar-refractivity contribution in [1.29, 1.82) is 0 Å². The van der Waals surface area contributed by atoms with Crippen LogP contribution in [0.5, 0.6) is 0 Å². The molecule has 1 aliphatic heterocycles. The summed E-state index contributed by atoms with van der Waals surface area (Å²) in [6.45, 7) is 4.30. The van der Waals surface area contributed by atoms with Gasteiger partial charge in [-0.1, -0.05) is 6.07 Å². The molecule has 1 amide bonds. The van der Waals surface area contributed by atoms with E-state index in [1.165, 1.54) is 4.88 Å². The van der Waals surface area contributed by atoms with Gasteiger partial charge in [-0.25, -0.2) is 0 Å². The van der Waals surface area contributed by atoms with Gasteiger partial charge < -0.3 is 10.2 Å². The van der Waals surface area contributed by atoms with Crippen LogP contribution in [-0.4, -0.2) is 35.7 Å². The maximum absolute atomic E-state index is 12.4. The standard InChI is InChI=1S/C17H22N4OS/c1-13-6-7-16(20-19-13)21-10-2-4-14(12-21)17(22)18-9-8-15-5-3-11-23-15/h3,5-7,11,14H,2,4,8-10,12H2,1H3,(H,18,22). The summed E-state index contributed by atoms with van der Waals surface area (Å²) in [6, 6.07) is 8.10. The second kappa shape index (κ2) is 7.55. The van der Waals surface area contributed by atoms with Crippen molar-refractivity contribution in [3.63, 3.8) is 0 Å². The maximum atomic E-state index is 12.4. The number of hydrogen-bond donors (Lipinski definition) is 1. The van der Waals surface area contributed by atoms with E-state index >= 15 is 0 Å². The lowest BCUT2D eigenvalue weighted by atomic mass is 9.97. The second-order valence-electron chi connectivity index (χ2n) is 5.94. The Morgan fingerprint density at radius 1 is 1.39 bits per heavy atom. The lowest BCUT2D eigenvalue weighted by Gasteiger charge is -2.32. The third-order valence-electron chi connectivity index (χ3n) is 4.15. The fourth-order valence-electron chi connectivity index (χ4n) is 2.87. The summed E-state index contributed by atoms with van der Waals surface area (Å²) < 4.78 is 0. The smallest absolute Gasteiger partial charge is 0.224 e. The number of anilines is 1. The fourth-order valence-corrected chi connectivity index (χ4v) is 3.58. The Kier molecular flexibility index (Phi) is 5.23. The van der Waals surface area contributed by atoms with Crippen molar-refractivity contribution in [1.82, 2.24) is 15.5 Å². The molecule has 2 aromatic heterocycles. The summed E-state index contributed by atoms with van der Waals surface area (Å²) in [6.07, 6.45) is 2.86. The van der Waals surface area contributed by atoms with E-state index in [9.17, 15) is 4.79 Å². The van der Waals surface area contributed by atoms with Crippen LogP contribution >= 0.6 is 11.3 Å². The molecule has 0 bridgehead atoms. The van der Waals surface area contributed by atoms with Gasteiger partial charge in [0.05, 0.1) is 11.6 Å². The van der Waals surface area contributed by atoms with E-state index in [0.717, 1.165) is 43.9 Å². The summed E-state index contributed by atoms with van der Waals surface area (Å²) in [5.74, 6) is 1.06. The normalized spacial score (nSPS) is 18.0. The minimum absolute atomic E-state index is 0.0372. The molecule has 1 fully saturated rings. The van der Waals surface area contributed by atoms with Gasteiger partial charge in [0.15, 0.2) is 5.82 Å². The highest BCUT2D eigenvalue weighted by Gasteiger charge is 2.26. The van der Waals surface area contributed by atoms with E-state index in [0.29, 0.717) is 6.54 Å². The average molecular weight is 330 g/mol. The highest BCUT2D eigenvalue weighted by atomic mass is 32.1. The van der Waals surface area contributed by atoms with E-state index in [1.54, 1.807) is 11.3 Å². The molecule has 2 aromatic rings. The molecule has 0 aromatic carbocycles. The number of aromatic nitrogens is 2. The Hall–Kier alpha value is -1.95. The second-order valence-corrected chi connectivity index (χ2v) is 6.97. The number of thiophene rings is 1. The van der Waals surface area contributed by atoms with Crippen molar-refractivity contribution in [3.8, 4) is 0 Å². The molecular weight excluding hydrogens is 308 g/mol. The highest BCUT2D eigenvalue weighted by molar-refractivity contribution is 7.09. The lowest BCUT2D eigenvalue weighted by molar-refractivity contribution is -0.125. The maximum Gasteiger partial charge on any atom is 0.224 e. The fraction of sp³-hybridized carbons (Fsp3) is 0.471. The van der Waals surface area contributed by atoms with E-state index in [-0.39, 0.29) is 11.8 Å². The van der Waals surface area contributed by atoms with Gasteiger partial charge in [-0.05, 0) is 49.8 Å². The van der Waals surface area contributed by atoms with Gasteiger partial charge >= 0.3 is 0 Å². The Morgan fingerprint density at radius 2 is 2.30 bits per heavy atom. The van der Waals surface area contributed by atoms with Gasteiger partial charge in [0.25, 0.3) is 0 Å². The molecule has 5 nitrogen and oxygen atoms in total. The number of nitrogens with one attached hydrogen (secondary N) is 1. The molecule has 23 heavy (non-hydrogen) atoms. The number of rotatable bonds is 5. The predicted octanol–water partition coefficient (Wildman–Crippen LogP) is 2.42. The molecule has 6 heteroatoms. The first-order valence-electron chi connectivity index (χ1n) is 8.08. The number of hydrogen-bond acceptors (Lipinski definition) is 5. The number of carbonyl (C=O) groups excluding carboxylic acids is 1. The minimum Gasteiger partial charge on any atom is -0.355 e. The van der Waals surface area contributed by atoms with Gasteiger partial charge in [-0.15, -0.1) is 16.4 Å². The van der Waals surface area contributed by atoms with Crippen LogP contribution in [0.1, 0.15) is 23.4 Å². The molecule has 0 saturated carbocycles. The van der Waals surface area contributed by atoms with E-state index in [1.807, 2.05) is 25.1 Å². The molecule has 1 aliphatic rings. The molecule has 0 aliphatic carbocycles. The van der Waals surface area contributed by atoms with Crippen LogP contribution in [0.3, 0.4) is 0 Å². The van der Waals surface area contributed by atoms with Gasteiger partial charge in [0, 0.05) is 24.5 Å². The quantitative estimate of drug-likeness (QED) is 0.915. The van der Waals surface area contributed by atoms with Crippen LogP contribution < -0.4 is 10.2 Å². The van der Waals surface area contributed by atoms with Crippen molar-refractivity contribution < 1.29 is 4.79 Å². The van der Waals surface area contributed by atoms with Crippen LogP contribution in [0.4, 0.5) is 5.82 Å². The van der Waals surface area contributed by atoms with Crippen molar-refractivity contribution >= 4 is 23.1 Å². The molecule has 0 spiro atoms. The van der Waals surface area contributed by atoms with Crippen LogP contribution in [0, 0.1) is 12.8 Å². The molecular formula is C17H22N4OS. The summed E-state index contributed by atoms with van der Waals surface area (Å²) in [4.78, 5) is 15.9. The monoisotopic (exact) mass is 330 g/mol. The number of piperidine rings is 1. The third kappa shape index (κ3) is 4.28. The molecule has 0 radical (unpaired) electrons. The minimum atomic E-state index is 0.0372. The van der Waals surface area contributed by atoms with Crippen LogP contribution in [0.15, 0.2) is 29.6 Å². The molecule has 1 saturated heterocycles. The van der Waals surface area contributed by atoms with Crippen LogP contribution in [-0.2, 0) is 11.2 Å². The lowest BCUT2D eigenvalue weighted by Crippen LogP contribution is -2.43. The predicted molar refractivity (Wildman–Crippen MR) is 92.7 cm³/mol. The van der Waals surface area contributed by atoms with Gasteiger partial charge in [-0.3, -0.25) is 4.79 Å².